The summed E-state index contributed by atoms with van der Waals surface area (Å²) in [5, 5.41) is -1.05. The maximum Gasteiger partial charge on any atom is 0.416 e. The van der Waals surface area contributed by atoms with Crippen LogP contribution in [0.15, 0.2) is 59.5 Å². The van der Waals surface area contributed by atoms with Gasteiger partial charge in [-0.05, 0) is 50.6 Å². The van der Waals surface area contributed by atoms with Crippen LogP contribution in [0.25, 0.3) is 0 Å². The molecule has 1 amide bonds. The van der Waals surface area contributed by atoms with Crippen molar-refractivity contribution in [3.63, 3.8) is 0 Å². The fraction of sp³-hybridized carbons (Fsp3) is 0.435. The summed E-state index contributed by atoms with van der Waals surface area (Å²) in [6.07, 6.45) is -5.99. The normalized spacial score (nSPS) is 19.5. The fourth-order valence-electron chi connectivity index (χ4n) is 3.46. The van der Waals surface area contributed by atoms with E-state index in [1.807, 2.05) is 0 Å². The van der Waals surface area contributed by atoms with Gasteiger partial charge in [0.25, 0.3) is 0 Å². The van der Waals surface area contributed by atoms with Gasteiger partial charge in [-0.25, -0.2) is 13.2 Å². The first-order valence-electron chi connectivity index (χ1n) is 10.3. The summed E-state index contributed by atoms with van der Waals surface area (Å²) >= 11 is 0. The second-order valence-corrected chi connectivity index (χ2v) is 11.0. The average Bonchev–Trinajstić information content (AvgIpc) is 3.17. The minimum atomic E-state index is -4.45. The SMILES string of the molecule is CC(C)(C)OC(=O)N1C[C@@H](S(=O)(=O)c2ccccc2)[C@H](OCc2ccc(C(F)(F)F)cc2)C1. The molecule has 1 aliphatic rings. The lowest BCUT2D eigenvalue weighted by Crippen LogP contribution is -2.36. The third-order valence-electron chi connectivity index (χ3n) is 5.08. The van der Waals surface area contributed by atoms with Gasteiger partial charge in [0.15, 0.2) is 9.84 Å². The Balaban J connectivity index is 1.80. The minimum absolute atomic E-state index is 0.0215. The second kappa shape index (κ2) is 9.34. The molecule has 2 atom stereocenters. The maximum absolute atomic E-state index is 13.3. The molecule has 1 aliphatic heterocycles. The fourth-order valence-corrected chi connectivity index (χ4v) is 5.28. The molecule has 0 radical (unpaired) electrons. The molecule has 33 heavy (non-hydrogen) atoms. The molecule has 3 rings (SSSR count). The number of hydrogen-bond acceptors (Lipinski definition) is 5. The molecule has 0 spiro atoms. The van der Waals surface area contributed by atoms with Crippen LogP contribution in [0, 0.1) is 0 Å². The number of halogens is 3. The summed E-state index contributed by atoms with van der Waals surface area (Å²) in [7, 11) is -3.85. The minimum Gasteiger partial charge on any atom is -0.444 e. The molecule has 1 saturated heterocycles. The van der Waals surface area contributed by atoms with Crippen molar-refractivity contribution in [1.82, 2.24) is 4.90 Å². The number of rotatable bonds is 5. The number of nitrogens with zero attached hydrogens (tertiary/aromatic N) is 1. The highest BCUT2D eigenvalue weighted by molar-refractivity contribution is 7.92. The number of carbonyl (C=O) groups is 1. The lowest BCUT2D eigenvalue weighted by molar-refractivity contribution is -0.137. The van der Waals surface area contributed by atoms with Crippen molar-refractivity contribution in [2.75, 3.05) is 13.1 Å². The zero-order valence-corrected chi connectivity index (χ0v) is 19.3. The molecule has 180 valence electrons. The predicted octanol–water partition coefficient (Wildman–Crippen LogP) is 4.68. The van der Waals surface area contributed by atoms with Gasteiger partial charge in [0, 0.05) is 6.54 Å². The highest BCUT2D eigenvalue weighted by atomic mass is 32.2. The monoisotopic (exact) mass is 485 g/mol. The van der Waals surface area contributed by atoms with Crippen molar-refractivity contribution in [3.05, 3.63) is 65.7 Å². The van der Waals surface area contributed by atoms with Gasteiger partial charge < -0.3 is 14.4 Å². The van der Waals surface area contributed by atoms with E-state index in [0.717, 1.165) is 12.1 Å². The Kier molecular flexibility index (Phi) is 7.09. The van der Waals surface area contributed by atoms with E-state index in [9.17, 15) is 26.4 Å². The average molecular weight is 486 g/mol. The van der Waals surface area contributed by atoms with Crippen LogP contribution in [-0.2, 0) is 32.1 Å². The van der Waals surface area contributed by atoms with Crippen LogP contribution in [0.5, 0.6) is 0 Å². The Morgan fingerprint density at radius 2 is 1.61 bits per heavy atom. The Morgan fingerprint density at radius 3 is 2.15 bits per heavy atom. The molecule has 1 fully saturated rings. The molecule has 10 heteroatoms. The maximum atomic E-state index is 13.3. The number of carbonyl (C=O) groups excluding carboxylic acids is 1. The van der Waals surface area contributed by atoms with Crippen LogP contribution >= 0.6 is 0 Å². The largest absolute Gasteiger partial charge is 0.444 e. The molecule has 0 saturated carbocycles. The van der Waals surface area contributed by atoms with E-state index in [4.69, 9.17) is 9.47 Å². The van der Waals surface area contributed by atoms with Crippen LogP contribution < -0.4 is 0 Å². The molecule has 0 bridgehead atoms. The Bertz CT molecular complexity index is 1060. The highest BCUT2D eigenvalue weighted by Gasteiger charge is 2.45. The third kappa shape index (κ3) is 6.26. The summed E-state index contributed by atoms with van der Waals surface area (Å²) in [4.78, 5) is 14.0. The van der Waals surface area contributed by atoms with E-state index in [1.54, 1.807) is 39.0 Å². The Hall–Kier alpha value is -2.59. The zero-order valence-electron chi connectivity index (χ0n) is 18.5. The van der Waals surface area contributed by atoms with E-state index in [0.29, 0.717) is 5.56 Å². The number of likely N-dealkylation sites (tertiary alicyclic amines) is 1. The standard InChI is InChI=1S/C23H26F3NO5S/c1-22(2,3)32-21(28)27-13-19(20(14-27)33(29,30)18-7-5-4-6-8-18)31-15-16-9-11-17(12-10-16)23(24,25)26/h4-12,19-20H,13-15H2,1-3H3/t19-,20-/m1/s1. The molecule has 2 aromatic carbocycles. The summed E-state index contributed by atoms with van der Waals surface area (Å²) in [6.45, 7) is 4.87. The number of hydrogen-bond donors (Lipinski definition) is 0. The van der Waals surface area contributed by atoms with Gasteiger partial charge >= 0.3 is 12.3 Å². The van der Waals surface area contributed by atoms with Crippen molar-refractivity contribution in [2.24, 2.45) is 0 Å². The zero-order chi connectivity index (χ0) is 24.4. The number of benzene rings is 2. The van der Waals surface area contributed by atoms with E-state index >= 15 is 0 Å². The van der Waals surface area contributed by atoms with Crippen LogP contribution in [0.3, 0.4) is 0 Å². The van der Waals surface area contributed by atoms with Crippen LogP contribution in [0.4, 0.5) is 18.0 Å². The Labute approximate surface area is 191 Å². The Morgan fingerprint density at radius 1 is 1.00 bits per heavy atom. The molecular formula is C23H26F3NO5S. The number of ether oxygens (including phenoxy) is 2. The van der Waals surface area contributed by atoms with Crippen LogP contribution in [-0.4, -0.2) is 49.5 Å². The summed E-state index contributed by atoms with van der Waals surface area (Å²) < 4.78 is 76.1. The van der Waals surface area contributed by atoms with Gasteiger partial charge in [0.05, 0.1) is 29.7 Å². The lowest BCUT2D eigenvalue weighted by atomic mass is 10.1. The van der Waals surface area contributed by atoms with Crippen molar-refractivity contribution in [2.45, 2.75) is 55.4 Å². The first-order valence-corrected chi connectivity index (χ1v) is 11.9. The van der Waals surface area contributed by atoms with E-state index < -0.39 is 44.6 Å². The number of sulfone groups is 1. The second-order valence-electron chi connectivity index (χ2n) is 8.83. The van der Waals surface area contributed by atoms with Crippen molar-refractivity contribution in [3.8, 4) is 0 Å². The molecule has 0 aliphatic carbocycles. The van der Waals surface area contributed by atoms with Crippen LogP contribution in [0.1, 0.15) is 31.9 Å². The molecule has 0 aromatic heterocycles. The summed E-state index contributed by atoms with van der Waals surface area (Å²) in [5.74, 6) is 0. The summed E-state index contributed by atoms with van der Waals surface area (Å²) in [6, 6.07) is 12.3. The molecule has 0 unspecified atom stereocenters. The molecule has 2 aromatic rings. The van der Waals surface area contributed by atoms with E-state index in [2.05, 4.69) is 0 Å². The number of amides is 1. The third-order valence-corrected chi connectivity index (χ3v) is 7.26. The van der Waals surface area contributed by atoms with Gasteiger partial charge in [-0.15, -0.1) is 0 Å². The molecule has 0 N–H and O–H groups in total. The van der Waals surface area contributed by atoms with Crippen molar-refractivity contribution >= 4 is 15.9 Å². The van der Waals surface area contributed by atoms with Gasteiger partial charge in [0.1, 0.15) is 10.9 Å². The highest BCUT2D eigenvalue weighted by Crippen LogP contribution is 2.30. The van der Waals surface area contributed by atoms with Gasteiger partial charge in [0.2, 0.25) is 0 Å². The van der Waals surface area contributed by atoms with Gasteiger partial charge in [-0.2, -0.15) is 13.2 Å². The molecular weight excluding hydrogens is 459 g/mol. The molecule has 1 heterocycles. The van der Waals surface area contributed by atoms with E-state index in [-0.39, 0.29) is 24.6 Å². The smallest absolute Gasteiger partial charge is 0.416 e. The van der Waals surface area contributed by atoms with Crippen molar-refractivity contribution in [1.29, 1.82) is 0 Å². The molecule has 6 nitrogen and oxygen atoms in total. The lowest BCUT2D eigenvalue weighted by Gasteiger charge is -2.24. The van der Waals surface area contributed by atoms with Crippen molar-refractivity contribution < 1.29 is 35.9 Å². The summed E-state index contributed by atoms with van der Waals surface area (Å²) in [5.41, 5.74) is -1.09. The van der Waals surface area contributed by atoms with Gasteiger partial charge in [-0.3, -0.25) is 0 Å². The quantitative estimate of drug-likeness (QED) is 0.615. The van der Waals surface area contributed by atoms with Gasteiger partial charge in [-0.1, -0.05) is 30.3 Å². The first-order chi connectivity index (χ1) is 15.3. The first kappa shape index (κ1) is 25.0. The predicted molar refractivity (Wildman–Crippen MR) is 115 cm³/mol. The van der Waals surface area contributed by atoms with Crippen LogP contribution in [0.2, 0.25) is 0 Å². The van der Waals surface area contributed by atoms with E-state index in [1.165, 1.54) is 29.2 Å². The topological polar surface area (TPSA) is 72.9 Å². The number of alkyl halides is 3.